The molecule has 0 atom stereocenters. The van der Waals surface area contributed by atoms with Gasteiger partial charge in [-0.1, -0.05) is 0 Å². The molecule has 1 amide bonds. The first kappa shape index (κ1) is 19.6. The van der Waals surface area contributed by atoms with Gasteiger partial charge in [-0.05, 0) is 32.9 Å². The number of anilines is 1. The van der Waals surface area contributed by atoms with E-state index in [1.807, 2.05) is 26.8 Å². The number of nitrogens with zero attached hydrogens (tertiary/aromatic N) is 3. The quantitative estimate of drug-likeness (QED) is 0.611. The fourth-order valence-electron chi connectivity index (χ4n) is 2.74. The van der Waals surface area contributed by atoms with E-state index in [2.05, 4.69) is 9.74 Å². The zero-order valence-corrected chi connectivity index (χ0v) is 15.7. The van der Waals surface area contributed by atoms with Crippen molar-refractivity contribution in [3.63, 3.8) is 0 Å². The van der Waals surface area contributed by atoms with E-state index in [0.717, 1.165) is 5.69 Å². The number of ketones is 1. The Morgan fingerprint density at radius 3 is 2.38 bits per heavy atom. The average Bonchev–Trinajstić information content (AvgIpc) is 2.60. The summed E-state index contributed by atoms with van der Waals surface area (Å²) >= 11 is 0. The van der Waals surface area contributed by atoms with E-state index < -0.39 is 5.60 Å². The van der Waals surface area contributed by atoms with Gasteiger partial charge in [-0.2, -0.15) is 0 Å². The van der Waals surface area contributed by atoms with Crippen molar-refractivity contribution in [3.8, 4) is 5.75 Å². The number of carbonyl (C=O) groups excluding carboxylic acids is 2. The third kappa shape index (κ3) is 4.88. The number of methoxy groups -OCH3 is 1. The Kier molecular flexibility index (Phi) is 6.09. The molecule has 1 aromatic rings. The summed E-state index contributed by atoms with van der Waals surface area (Å²) in [4.78, 5) is 31.1. The molecule has 7 heteroatoms. The molecule has 1 saturated heterocycles. The predicted octanol–water partition coefficient (Wildman–Crippen LogP) is 2.85. The Morgan fingerprint density at radius 2 is 1.85 bits per heavy atom. The Morgan fingerprint density at radius 1 is 1.19 bits per heavy atom. The molecular formula is C19H25N3O4. The topological polar surface area (TPSA) is 63.4 Å². The normalized spacial score (nSPS) is 14.6. The predicted molar refractivity (Wildman–Crippen MR) is 98.8 cm³/mol. The minimum absolute atomic E-state index is 0.190. The van der Waals surface area contributed by atoms with Crippen molar-refractivity contribution in [2.75, 3.05) is 44.7 Å². The van der Waals surface area contributed by atoms with E-state index in [1.54, 1.807) is 17.0 Å². The number of hydrogen-bond acceptors (Lipinski definition) is 5. The summed E-state index contributed by atoms with van der Waals surface area (Å²) in [6, 6.07) is 5.35. The molecule has 1 aliphatic heterocycles. The van der Waals surface area contributed by atoms with E-state index in [-0.39, 0.29) is 18.4 Å². The monoisotopic (exact) mass is 359 g/mol. The van der Waals surface area contributed by atoms with Crippen LogP contribution in [0.25, 0.3) is 4.85 Å². The van der Waals surface area contributed by atoms with Crippen LogP contribution in [-0.4, -0.2) is 62.2 Å². The molecule has 0 unspecified atom stereocenters. The van der Waals surface area contributed by atoms with Crippen LogP contribution in [-0.2, 0) is 4.74 Å². The van der Waals surface area contributed by atoms with Crippen LogP contribution in [0.2, 0.25) is 0 Å². The molecule has 0 bridgehead atoms. The number of piperazine rings is 1. The number of ether oxygens (including phenoxy) is 2. The highest BCUT2D eigenvalue weighted by Gasteiger charge is 2.26. The molecule has 0 radical (unpaired) electrons. The van der Waals surface area contributed by atoms with Crippen LogP contribution < -0.4 is 9.64 Å². The fourth-order valence-corrected chi connectivity index (χ4v) is 2.74. The highest BCUT2D eigenvalue weighted by atomic mass is 16.6. The van der Waals surface area contributed by atoms with Gasteiger partial charge in [0.15, 0.2) is 0 Å². The maximum Gasteiger partial charge on any atom is 0.410 e. The first-order chi connectivity index (χ1) is 12.2. The summed E-state index contributed by atoms with van der Waals surface area (Å²) in [7, 11) is 1.51. The highest BCUT2D eigenvalue weighted by molar-refractivity contribution is 6.01. The van der Waals surface area contributed by atoms with Crippen molar-refractivity contribution in [2.45, 2.75) is 26.4 Å². The summed E-state index contributed by atoms with van der Waals surface area (Å²) in [5.41, 5.74) is 0.833. The van der Waals surface area contributed by atoms with Gasteiger partial charge in [-0.15, -0.1) is 0 Å². The number of amides is 1. The fraction of sp³-hybridized carbons (Fsp3) is 0.526. The number of rotatable bonds is 4. The average molecular weight is 359 g/mol. The number of benzene rings is 1. The second-order valence-electron chi connectivity index (χ2n) is 7.08. The van der Waals surface area contributed by atoms with Crippen LogP contribution in [0.15, 0.2) is 18.2 Å². The van der Waals surface area contributed by atoms with Crippen molar-refractivity contribution < 1.29 is 19.1 Å². The molecule has 2 rings (SSSR count). The standard InChI is InChI=1S/C19H25N3O4/c1-19(2,3)26-18(24)22-10-8-21(9-11-22)14-6-7-15(16(23)13-20-4)17(12-14)25-5/h6-7,12H,8-11,13H2,1-3,5H3. The maximum absolute atomic E-state index is 12.1. The van der Waals surface area contributed by atoms with Crippen LogP contribution >= 0.6 is 0 Å². The van der Waals surface area contributed by atoms with E-state index in [1.165, 1.54) is 7.11 Å². The lowest BCUT2D eigenvalue weighted by Crippen LogP contribution is -2.50. The number of hydrogen-bond donors (Lipinski definition) is 0. The first-order valence-electron chi connectivity index (χ1n) is 8.52. The Hall–Kier alpha value is -2.75. The summed E-state index contributed by atoms with van der Waals surface area (Å²) in [6.45, 7) is 14.7. The Labute approximate surface area is 154 Å². The SMILES string of the molecule is [C-]#[N+]CC(=O)c1ccc(N2CCN(C(=O)OC(C)(C)C)CC2)cc1OC. The number of carbonyl (C=O) groups is 2. The molecule has 1 fully saturated rings. The van der Waals surface area contributed by atoms with E-state index in [0.29, 0.717) is 37.5 Å². The third-order valence-corrected chi connectivity index (χ3v) is 4.00. The summed E-state index contributed by atoms with van der Waals surface area (Å²) in [5.74, 6) is 0.212. The van der Waals surface area contributed by atoms with Crippen LogP contribution in [0.1, 0.15) is 31.1 Å². The Bertz CT molecular complexity index is 710. The zero-order chi connectivity index (χ0) is 19.3. The van der Waals surface area contributed by atoms with Gasteiger partial charge >= 0.3 is 6.09 Å². The van der Waals surface area contributed by atoms with Gasteiger partial charge < -0.3 is 24.1 Å². The third-order valence-electron chi connectivity index (χ3n) is 4.00. The van der Waals surface area contributed by atoms with Crippen molar-refractivity contribution >= 4 is 17.6 Å². The maximum atomic E-state index is 12.1. The van der Waals surface area contributed by atoms with Gasteiger partial charge in [0.05, 0.1) is 12.7 Å². The van der Waals surface area contributed by atoms with Gasteiger partial charge in [0, 0.05) is 37.9 Å². The smallest absolute Gasteiger partial charge is 0.410 e. The summed E-state index contributed by atoms with van der Waals surface area (Å²) < 4.78 is 10.7. The van der Waals surface area contributed by atoms with Crippen LogP contribution in [0.4, 0.5) is 10.5 Å². The molecular weight excluding hydrogens is 334 g/mol. The molecule has 0 aliphatic carbocycles. The molecule has 140 valence electrons. The molecule has 1 aromatic carbocycles. The van der Waals surface area contributed by atoms with Gasteiger partial charge in [0.25, 0.3) is 6.54 Å². The van der Waals surface area contributed by atoms with E-state index in [9.17, 15) is 9.59 Å². The van der Waals surface area contributed by atoms with Crippen molar-refractivity contribution in [1.29, 1.82) is 0 Å². The van der Waals surface area contributed by atoms with E-state index in [4.69, 9.17) is 16.0 Å². The molecule has 0 spiro atoms. The molecule has 1 aliphatic rings. The molecule has 1 heterocycles. The molecule has 0 N–H and O–H groups in total. The van der Waals surface area contributed by atoms with Crippen LogP contribution in [0, 0.1) is 6.57 Å². The minimum atomic E-state index is -0.505. The van der Waals surface area contributed by atoms with Gasteiger partial charge in [-0.3, -0.25) is 4.79 Å². The van der Waals surface area contributed by atoms with Gasteiger partial charge in [0.1, 0.15) is 11.4 Å². The first-order valence-corrected chi connectivity index (χ1v) is 8.52. The minimum Gasteiger partial charge on any atom is -0.496 e. The van der Waals surface area contributed by atoms with Crippen molar-refractivity contribution in [1.82, 2.24) is 4.90 Å². The van der Waals surface area contributed by atoms with E-state index >= 15 is 0 Å². The number of Topliss-reactive ketones (excluding diaryl/α,β-unsaturated/α-hetero) is 1. The second kappa shape index (κ2) is 8.09. The lowest BCUT2D eigenvalue weighted by atomic mass is 10.1. The highest BCUT2D eigenvalue weighted by Crippen LogP contribution is 2.27. The Balaban J connectivity index is 2.04. The van der Waals surface area contributed by atoms with Crippen molar-refractivity contribution in [3.05, 3.63) is 35.2 Å². The molecule has 7 nitrogen and oxygen atoms in total. The lowest BCUT2D eigenvalue weighted by Gasteiger charge is -2.36. The largest absolute Gasteiger partial charge is 0.496 e. The molecule has 0 aromatic heterocycles. The second-order valence-corrected chi connectivity index (χ2v) is 7.08. The van der Waals surface area contributed by atoms with Gasteiger partial charge in [0.2, 0.25) is 5.78 Å². The van der Waals surface area contributed by atoms with Crippen LogP contribution in [0.3, 0.4) is 0 Å². The summed E-state index contributed by atoms with van der Waals surface area (Å²) in [5, 5.41) is 0. The van der Waals surface area contributed by atoms with Gasteiger partial charge in [-0.25, -0.2) is 11.4 Å². The summed E-state index contributed by atoms with van der Waals surface area (Å²) in [6.07, 6.45) is -0.296. The zero-order valence-electron chi connectivity index (χ0n) is 15.7. The van der Waals surface area contributed by atoms with Crippen LogP contribution in [0.5, 0.6) is 5.75 Å². The molecule has 26 heavy (non-hydrogen) atoms. The lowest BCUT2D eigenvalue weighted by molar-refractivity contribution is 0.0240. The molecule has 0 saturated carbocycles. The van der Waals surface area contributed by atoms with Crippen molar-refractivity contribution in [2.24, 2.45) is 0 Å².